The van der Waals surface area contributed by atoms with Crippen molar-refractivity contribution in [3.05, 3.63) is 0 Å². The summed E-state index contributed by atoms with van der Waals surface area (Å²) in [4.78, 5) is 0. The molecule has 0 saturated heterocycles. The summed E-state index contributed by atoms with van der Waals surface area (Å²) in [6.07, 6.45) is 0. The molecular formula is C4H10N2S2. The Bertz CT molecular complexity index is 82.1. The molecule has 0 spiro atoms. The molecule has 0 amide bonds. The second-order valence-electron chi connectivity index (χ2n) is 1.76. The van der Waals surface area contributed by atoms with Crippen molar-refractivity contribution >= 4 is 28.5 Å². The molecule has 0 aromatic rings. The lowest BCUT2D eigenvalue weighted by atomic mass is 10.2. The maximum atomic E-state index is 7.16. The normalized spacial score (nSPS) is 9.50. The van der Waals surface area contributed by atoms with E-state index in [2.05, 4.69) is 16.4 Å². The molecule has 48 valence electrons. The molecule has 4 heteroatoms. The molecule has 0 rings (SSSR count). The lowest BCUT2D eigenvalue weighted by molar-refractivity contribution is 0.856. The van der Waals surface area contributed by atoms with Gasteiger partial charge in [0.05, 0.1) is 0 Å². The minimum Gasteiger partial charge on any atom is -0.309 e. The first kappa shape index (κ1) is 8.17. The fourth-order valence-corrected chi connectivity index (χ4v) is 0.796. The number of nitrogens with one attached hydrogen (secondary N) is 2. The van der Waals surface area contributed by atoms with Crippen LogP contribution in [-0.4, -0.2) is 5.84 Å². The summed E-state index contributed by atoms with van der Waals surface area (Å²) in [6.45, 7) is 3.92. The highest BCUT2D eigenvalue weighted by atomic mass is 33.1. The highest BCUT2D eigenvalue weighted by Gasteiger charge is 1.98. The fourth-order valence-electron chi connectivity index (χ4n) is 0.167. The topological polar surface area (TPSA) is 35.9 Å². The highest BCUT2D eigenvalue weighted by Crippen LogP contribution is 2.00. The number of hydrogen-bond acceptors (Lipinski definition) is 3. The van der Waals surface area contributed by atoms with Crippen LogP contribution in [0.4, 0.5) is 0 Å². The molecule has 0 aromatic heterocycles. The lowest BCUT2D eigenvalue weighted by Gasteiger charge is -2.04. The number of thiol groups is 1. The van der Waals surface area contributed by atoms with E-state index in [4.69, 9.17) is 5.41 Å². The van der Waals surface area contributed by atoms with E-state index in [0.29, 0.717) is 5.84 Å². The quantitative estimate of drug-likeness (QED) is 0.184. The predicted molar refractivity (Wildman–Crippen MR) is 42.3 cm³/mol. The van der Waals surface area contributed by atoms with Crippen molar-refractivity contribution in [3.8, 4) is 0 Å². The third kappa shape index (κ3) is 3.21. The van der Waals surface area contributed by atoms with Gasteiger partial charge in [-0.15, -0.1) is 0 Å². The average Bonchev–Trinajstić information content (AvgIpc) is 1.67. The van der Waals surface area contributed by atoms with E-state index in [1.807, 2.05) is 13.8 Å². The highest BCUT2D eigenvalue weighted by molar-refractivity contribution is 8.68. The van der Waals surface area contributed by atoms with Crippen LogP contribution in [0.15, 0.2) is 0 Å². The Morgan fingerprint density at radius 3 is 2.38 bits per heavy atom. The van der Waals surface area contributed by atoms with Crippen LogP contribution in [0.1, 0.15) is 13.8 Å². The fraction of sp³-hybridized carbons (Fsp3) is 0.750. The van der Waals surface area contributed by atoms with E-state index in [9.17, 15) is 0 Å². The first-order chi connectivity index (χ1) is 3.68. The SMILES string of the molecule is CC(C)C(=N)NSS. The molecule has 0 unspecified atom stereocenters. The molecule has 2 N–H and O–H groups in total. The molecule has 0 aromatic carbocycles. The smallest absolute Gasteiger partial charge is 0.106 e. The summed E-state index contributed by atoms with van der Waals surface area (Å²) in [7, 11) is 1.16. The standard InChI is InChI=1S/C4H10N2S2/c1-3(2)4(5)6-8-7/h3,7H,1-2H3,(H2,5,6). The first-order valence-electron chi connectivity index (χ1n) is 2.33. The van der Waals surface area contributed by atoms with E-state index in [1.165, 1.54) is 0 Å². The molecule has 0 bridgehead atoms. The minimum atomic E-state index is 0.273. The van der Waals surface area contributed by atoms with Crippen molar-refractivity contribution in [2.24, 2.45) is 5.92 Å². The van der Waals surface area contributed by atoms with Gasteiger partial charge < -0.3 is 4.72 Å². The van der Waals surface area contributed by atoms with Crippen molar-refractivity contribution in [2.45, 2.75) is 13.8 Å². The summed E-state index contributed by atoms with van der Waals surface area (Å²) in [6, 6.07) is 0. The molecule has 0 aliphatic heterocycles. The zero-order valence-electron chi connectivity index (χ0n) is 4.93. The van der Waals surface area contributed by atoms with Gasteiger partial charge in [0.25, 0.3) is 0 Å². The second kappa shape index (κ2) is 4.09. The van der Waals surface area contributed by atoms with Gasteiger partial charge in [0.1, 0.15) is 5.84 Å². The maximum Gasteiger partial charge on any atom is 0.106 e. The second-order valence-corrected chi connectivity index (χ2v) is 2.70. The Balaban J connectivity index is 3.33. The molecule has 8 heavy (non-hydrogen) atoms. The van der Waals surface area contributed by atoms with Crippen LogP contribution < -0.4 is 4.72 Å². The average molecular weight is 150 g/mol. The van der Waals surface area contributed by atoms with Gasteiger partial charge in [-0.05, 0) is 0 Å². The zero-order valence-corrected chi connectivity index (χ0v) is 6.64. The van der Waals surface area contributed by atoms with Gasteiger partial charge in [-0.1, -0.05) is 25.5 Å². The van der Waals surface area contributed by atoms with Crippen molar-refractivity contribution < 1.29 is 0 Å². The summed E-state index contributed by atoms with van der Waals surface area (Å²) >= 11 is 3.82. The van der Waals surface area contributed by atoms with E-state index >= 15 is 0 Å². The molecule has 0 heterocycles. The Hall–Kier alpha value is 0.170. The molecule has 0 aliphatic rings. The molecule has 0 fully saturated rings. The van der Waals surface area contributed by atoms with Crippen LogP contribution in [0.3, 0.4) is 0 Å². The summed E-state index contributed by atoms with van der Waals surface area (Å²) in [5.41, 5.74) is 0. The third-order valence-corrected chi connectivity index (χ3v) is 1.32. The van der Waals surface area contributed by atoms with E-state index < -0.39 is 0 Å². The summed E-state index contributed by atoms with van der Waals surface area (Å²) < 4.78 is 2.71. The lowest BCUT2D eigenvalue weighted by Crippen LogP contribution is -2.18. The van der Waals surface area contributed by atoms with Gasteiger partial charge in [0, 0.05) is 16.9 Å². The molecule has 0 atom stereocenters. The van der Waals surface area contributed by atoms with Gasteiger partial charge in [-0.25, -0.2) is 0 Å². The Labute approximate surface area is 58.9 Å². The molecule has 0 radical (unpaired) electrons. The van der Waals surface area contributed by atoms with Gasteiger partial charge in [-0.2, -0.15) is 0 Å². The number of rotatable bonds is 2. The Morgan fingerprint density at radius 1 is 1.75 bits per heavy atom. The van der Waals surface area contributed by atoms with E-state index in [0.717, 1.165) is 11.0 Å². The van der Waals surface area contributed by atoms with Gasteiger partial charge in [-0.3, -0.25) is 5.41 Å². The van der Waals surface area contributed by atoms with Crippen molar-refractivity contribution in [3.63, 3.8) is 0 Å². The Morgan fingerprint density at radius 2 is 2.25 bits per heavy atom. The van der Waals surface area contributed by atoms with Crippen LogP contribution in [0.5, 0.6) is 0 Å². The number of amidine groups is 1. The summed E-state index contributed by atoms with van der Waals surface area (Å²) in [5, 5.41) is 7.16. The van der Waals surface area contributed by atoms with Crippen molar-refractivity contribution in [1.29, 1.82) is 5.41 Å². The molecule has 0 aliphatic carbocycles. The third-order valence-electron chi connectivity index (χ3n) is 0.733. The van der Waals surface area contributed by atoms with Crippen molar-refractivity contribution in [2.75, 3.05) is 0 Å². The van der Waals surface area contributed by atoms with Crippen molar-refractivity contribution in [1.82, 2.24) is 4.72 Å². The predicted octanol–water partition coefficient (Wildman–Crippen LogP) is 1.70. The summed E-state index contributed by atoms with van der Waals surface area (Å²) in [5.74, 6) is 0.791. The van der Waals surface area contributed by atoms with E-state index in [-0.39, 0.29) is 5.92 Å². The maximum absolute atomic E-state index is 7.16. The molecule has 0 saturated carbocycles. The molecule has 2 nitrogen and oxygen atoms in total. The van der Waals surface area contributed by atoms with Crippen LogP contribution in [0.2, 0.25) is 0 Å². The monoisotopic (exact) mass is 150 g/mol. The number of hydrogen-bond donors (Lipinski definition) is 3. The van der Waals surface area contributed by atoms with Gasteiger partial charge in [0.2, 0.25) is 0 Å². The van der Waals surface area contributed by atoms with Crippen LogP contribution >= 0.6 is 22.6 Å². The Kier molecular flexibility index (Phi) is 4.18. The van der Waals surface area contributed by atoms with Gasteiger partial charge >= 0.3 is 0 Å². The van der Waals surface area contributed by atoms with E-state index in [1.54, 1.807) is 0 Å². The van der Waals surface area contributed by atoms with Crippen LogP contribution in [-0.2, 0) is 0 Å². The molecular weight excluding hydrogens is 140 g/mol. The van der Waals surface area contributed by atoms with Gasteiger partial charge in [0.15, 0.2) is 0 Å². The first-order valence-corrected chi connectivity index (χ1v) is 4.20. The van der Waals surface area contributed by atoms with Crippen LogP contribution in [0, 0.1) is 11.3 Å². The van der Waals surface area contributed by atoms with Crippen LogP contribution in [0.25, 0.3) is 0 Å². The zero-order chi connectivity index (χ0) is 6.57. The minimum absolute atomic E-state index is 0.273. The largest absolute Gasteiger partial charge is 0.309 e.